The van der Waals surface area contributed by atoms with Crippen LogP contribution >= 0.6 is 0 Å². The van der Waals surface area contributed by atoms with Crippen molar-refractivity contribution >= 4 is 28.7 Å². The Balaban J connectivity index is 1.76. The first-order chi connectivity index (χ1) is 13.8. The van der Waals surface area contributed by atoms with Crippen LogP contribution in [0.5, 0.6) is 5.75 Å². The summed E-state index contributed by atoms with van der Waals surface area (Å²) in [6.07, 6.45) is 0. The standard InChI is InChI=1S/C24H25N3O2/c1-16-8-11-20(25-17(2)19-6-5-7-21(14-19)27(3)4)15-23(16)26-24(29)18-9-12-22(28)13-10-18/h5-15,25,28H,2H2,1,3-4H3,(H,26,29). The third-order valence-corrected chi connectivity index (χ3v) is 4.62. The number of hydrogen-bond donors (Lipinski definition) is 3. The average Bonchev–Trinajstić information content (AvgIpc) is 2.71. The number of hydrogen-bond acceptors (Lipinski definition) is 4. The molecule has 0 aromatic heterocycles. The second kappa shape index (κ2) is 8.52. The van der Waals surface area contributed by atoms with E-state index >= 15 is 0 Å². The molecule has 148 valence electrons. The van der Waals surface area contributed by atoms with E-state index in [1.165, 1.54) is 12.1 Å². The van der Waals surface area contributed by atoms with Crippen LogP contribution in [0.15, 0.2) is 73.3 Å². The summed E-state index contributed by atoms with van der Waals surface area (Å²) in [5, 5.41) is 15.6. The number of nitrogens with zero attached hydrogens (tertiary/aromatic N) is 1. The lowest BCUT2D eigenvalue weighted by atomic mass is 10.1. The molecule has 0 radical (unpaired) electrons. The lowest BCUT2D eigenvalue weighted by molar-refractivity contribution is 0.102. The number of carbonyl (C=O) groups is 1. The van der Waals surface area contributed by atoms with E-state index in [1.807, 2.05) is 62.3 Å². The number of rotatable bonds is 6. The molecular formula is C24H25N3O2. The summed E-state index contributed by atoms with van der Waals surface area (Å²) in [7, 11) is 4.00. The van der Waals surface area contributed by atoms with Crippen molar-refractivity contribution in [2.24, 2.45) is 0 Å². The highest BCUT2D eigenvalue weighted by Crippen LogP contribution is 2.25. The van der Waals surface area contributed by atoms with E-state index in [2.05, 4.69) is 23.3 Å². The minimum Gasteiger partial charge on any atom is -0.508 e. The van der Waals surface area contributed by atoms with Crippen molar-refractivity contribution in [3.63, 3.8) is 0 Å². The van der Waals surface area contributed by atoms with Gasteiger partial charge in [-0.2, -0.15) is 0 Å². The Morgan fingerprint density at radius 1 is 0.931 bits per heavy atom. The molecule has 0 unspecified atom stereocenters. The van der Waals surface area contributed by atoms with Gasteiger partial charge in [0.15, 0.2) is 0 Å². The van der Waals surface area contributed by atoms with E-state index in [-0.39, 0.29) is 11.7 Å². The molecule has 5 nitrogen and oxygen atoms in total. The Morgan fingerprint density at radius 3 is 2.34 bits per heavy atom. The second-order valence-corrected chi connectivity index (χ2v) is 7.08. The molecule has 3 aromatic rings. The molecule has 0 aliphatic rings. The van der Waals surface area contributed by atoms with Gasteiger partial charge in [-0.15, -0.1) is 0 Å². The third-order valence-electron chi connectivity index (χ3n) is 4.62. The maximum atomic E-state index is 12.5. The largest absolute Gasteiger partial charge is 0.508 e. The molecule has 29 heavy (non-hydrogen) atoms. The minimum absolute atomic E-state index is 0.126. The number of aromatic hydroxyl groups is 1. The van der Waals surface area contributed by atoms with Gasteiger partial charge in [0.1, 0.15) is 5.75 Å². The first-order valence-corrected chi connectivity index (χ1v) is 9.28. The van der Waals surface area contributed by atoms with Gasteiger partial charge in [-0.05, 0) is 66.6 Å². The Morgan fingerprint density at radius 2 is 1.66 bits per heavy atom. The number of benzene rings is 3. The van der Waals surface area contributed by atoms with E-state index in [1.54, 1.807) is 12.1 Å². The Bertz CT molecular complexity index is 1040. The number of nitrogens with one attached hydrogen (secondary N) is 2. The SMILES string of the molecule is C=C(Nc1ccc(C)c(NC(=O)c2ccc(O)cc2)c1)c1cccc(N(C)C)c1. The molecule has 3 N–H and O–H groups in total. The fourth-order valence-electron chi connectivity index (χ4n) is 2.86. The van der Waals surface area contributed by atoms with Gasteiger partial charge in [0, 0.05) is 42.4 Å². The summed E-state index contributed by atoms with van der Waals surface area (Å²) in [6, 6.07) is 20.0. The zero-order chi connectivity index (χ0) is 21.0. The molecular weight excluding hydrogens is 362 g/mol. The van der Waals surface area contributed by atoms with E-state index in [0.717, 1.165) is 28.2 Å². The fraction of sp³-hybridized carbons (Fsp3) is 0.125. The first-order valence-electron chi connectivity index (χ1n) is 9.28. The molecule has 0 aliphatic carbocycles. The van der Waals surface area contributed by atoms with Crippen LogP contribution in [0.4, 0.5) is 17.1 Å². The lowest BCUT2D eigenvalue weighted by Crippen LogP contribution is -2.13. The van der Waals surface area contributed by atoms with E-state index in [4.69, 9.17) is 0 Å². The molecule has 1 amide bonds. The topological polar surface area (TPSA) is 64.6 Å². The molecule has 0 atom stereocenters. The molecule has 0 fully saturated rings. The number of anilines is 3. The monoisotopic (exact) mass is 387 g/mol. The summed E-state index contributed by atoms with van der Waals surface area (Å²) in [6.45, 7) is 6.08. The van der Waals surface area contributed by atoms with Gasteiger partial charge < -0.3 is 20.6 Å². The smallest absolute Gasteiger partial charge is 0.255 e. The van der Waals surface area contributed by atoms with Gasteiger partial charge in [-0.25, -0.2) is 0 Å². The highest BCUT2D eigenvalue weighted by molar-refractivity contribution is 6.05. The maximum Gasteiger partial charge on any atom is 0.255 e. The normalized spacial score (nSPS) is 10.3. The number of carbonyl (C=O) groups excluding carboxylic acids is 1. The van der Waals surface area contributed by atoms with Crippen molar-refractivity contribution in [2.45, 2.75) is 6.92 Å². The molecule has 0 heterocycles. The van der Waals surface area contributed by atoms with Gasteiger partial charge in [-0.1, -0.05) is 24.8 Å². The molecule has 0 saturated heterocycles. The third kappa shape index (κ3) is 4.96. The lowest BCUT2D eigenvalue weighted by Gasteiger charge is -2.16. The van der Waals surface area contributed by atoms with Gasteiger partial charge in [0.25, 0.3) is 5.91 Å². The van der Waals surface area contributed by atoms with E-state index in [0.29, 0.717) is 11.3 Å². The highest BCUT2D eigenvalue weighted by atomic mass is 16.3. The predicted octanol–water partition coefficient (Wildman–Crippen LogP) is 5.10. The number of phenols is 1. The predicted molar refractivity (Wildman–Crippen MR) is 121 cm³/mol. The minimum atomic E-state index is -0.234. The van der Waals surface area contributed by atoms with E-state index in [9.17, 15) is 9.90 Å². The quantitative estimate of drug-likeness (QED) is 0.550. The zero-order valence-electron chi connectivity index (χ0n) is 16.9. The van der Waals surface area contributed by atoms with Crippen LogP contribution in [0.2, 0.25) is 0 Å². The summed E-state index contributed by atoms with van der Waals surface area (Å²) >= 11 is 0. The summed E-state index contributed by atoms with van der Waals surface area (Å²) in [5.74, 6) is -0.108. The van der Waals surface area contributed by atoms with Crippen molar-refractivity contribution in [3.8, 4) is 5.75 Å². The molecule has 0 bridgehead atoms. The number of aryl methyl sites for hydroxylation is 1. The van der Waals surface area contributed by atoms with Crippen molar-refractivity contribution < 1.29 is 9.90 Å². The Hall–Kier alpha value is -3.73. The Labute approximate surface area is 171 Å². The number of amides is 1. The van der Waals surface area contributed by atoms with E-state index < -0.39 is 0 Å². The van der Waals surface area contributed by atoms with Crippen LogP contribution in [0.3, 0.4) is 0 Å². The molecule has 3 aromatic carbocycles. The van der Waals surface area contributed by atoms with Crippen molar-refractivity contribution in [2.75, 3.05) is 29.6 Å². The maximum absolute atomic E-state index is 12.5. The second-order valence-electron chi connectivity index (χ2n) is 7.08. The molecule has 0 saturated carbocycles. The summed E-state index contributed by atoms with van der Waals surface area (Å²) in [5.41, 5.74) is 5.82. The van der Waals surface area contributed by atoms with Crippen LogP contribution in [0.1, 0.15) is 21.5 Å². The molecule has 5 heteroatoms. The van der Waals surface area contributed by atoms with Gasteiger partial charge in [0.05, 0.1) is 0 Å². The Kier molecular flexibility index (Phi) is 5.88. The average molecular weight is 387 g/mol. The van der Waals surface area contributed by atoms with Crippen LogP contribution < -0.4 is 15.5 Å². The van der Waals surface area contributed by atoms with Gasteiger partial charge in [0.2, 0.25) is 0 Å². The van der Waals surface area contributed by atoms with Gasteiger partial charge >= 0.3 is 0 Å². The van der Waals surface area contributed by atoms with Crippen LogP contribution in [-0.2, 0) is 0 Å². The summed E-state index contributed by atoms with van der Waals surface area (Å²) in [4.78, 5) is 14.5. The van der Waals surface area contributed by atoms with Crippen molar-refractivity contribution in [3.05, 3.63) is 90.0 Å². The van der Waals surface area contributed by atoms with Crippen LogP contribution in [0.25, 0.3) is 5.70 Å². The van der Waals surface area contributed by atoms with Gasteiger partial charge in [-0.3, -0.25) is 4.79 Å². The van der Waals surface area contributed by atoms with Crippen molar-refractivity contribution in [1.82, 2.24) is 0 Å². The van der Waals surface area contributed by atoms with Crippen molar-refractivity contribution in [1.29, 1.82) is 0 Å². The zero-order valence-corrected chi connectivity index (χ0v) is 16.9. The van der Waals surface area contributed by atoms with Crippen LogP contribution in [-0.4, -0.2) is 25.1 Å². The number of phenolic OH excluding ortho intramolecular Hbond substituents is 1. The first kappa shape index (κ1) is 20.0. The van der Waals surface area contributed by atoms with Crippen LogP contribution in [0, 0.1) is 6.92 Å². The molecule has 0 aliphatic heterocycles. The fourth-order valence-corrected chi connectivity index (χ4v) is 2.86. The summed E-state index contributed by atoms with van der Waals surface area (Å²) < 4.78 is 0. The molecule has 0 spiro atoms. The highest BCUT2D eigenvalue weighted by Gasteiger charge is 2.09. The molecule has 3 rings (SSSR count).